The highest BCUT2D eigenvalue weighted by Gasteiger charge is 2.22. The molecule has 1 atom stereocenters. The van der Waals surface area contributed by atoms with Crippen LogP contribution in [0.5, 0.6) is 0 Å². The Hall–Kier alpha value is -1.13. The minimum atomic E-state index is 0.275. The zero-order chi connectivity index (χ0) is 13.1. The van der Waals surface area contributed by atoms with E-state index >= 15 is 0 Å². The van der Waals surface area contributed by atoms with E-state index in [0.717, 1.165) is 42.9 Å². The Morgan fingerprint density at radius 2 is 2.28 bits per heavy atom. The Balaban J connectivity index is 2.31. The van der Waals surface area contributed by atoms with Crippen LogP contribution in [-0.4, -0.2) is 29.8 Å². The molecule has 0 radical (unpaired) electrons. The topological polar surface area (TPSA) is 62.4 Å². The van der Waals surface area contributed by atoms with E-state index in [1.807, 2.05) is 13.8 Å². The van der Waals surface area contributed by atoms with Gasteiger partial charge in [0, 0.05) is 48.9 Å². The highest BCUT2D eigenvalue weighted by Crippen LogP contribution is 2.28. The van der Waals surface area contributed by atoms with Crippen LogP contribution < -0.4 is 10.6 Å². The smallest absolute Gasteiger partial charge is 0.0476 e. The minimum Gasteiger partial charge on any atom is -0.396 e. The van der Waals surface area contributed by atoms with Crippen molar-refractivity contribution in [3.63, 3.8) is 0 Å². The molecule has 1 fully saturated rings. The lowest BCUT2D eigenvalue weighted by atomic mass is 9.97. The number of hydrogen-bond acceptors (Lipinski definition) is 4. The molecule has 1 aromatic rings. The van der Waals surface area contributed by atoms with Crippen LogP contribution >= 0.6 is 0 Å². The number of aliphatic hydroxyl groups is 1. The van der Waals surface area contributed by atoms with E-state index in [0.29, 0.717) is 12.5 Å². The van der Waals surface area contributed by atoms with E-state index < -0.39 is 0 Å². The molecule has 100 valence electrons. The summed E-state index contributed by atoms with van der Waals surface area (Å²) < 4.78 is 0. The highest BCUT2D eigenvalue weighted by molar-refractivity contribution is 5.56. The van der Waals surface area contributed by atoms with Crippen molar-refractivity contribution in [2.24, 2.45) is 11.7 Å². The molecule has 0 spiro atoms. The first-order chi connectivity index (χ1) is 8.65. The first-order valence-electron chi connectivity index (χ1n) is 6.68. The third-order valence-electron chi connectivity index (χ3n) is 3.76. The normalized spacial score (nSPS) is 20.2. The molecule has 1 aliphatic heterocycles. The van der Waals surface area contributed by atoms with Gasteiger partial charge >= 0.3 is 0 Å². The Labute approximate surface area is 109 Å². The molecule has 1 aromatic heterocycles. The van der Waals surface area contributed by atoms with Crippen molar-refractivity contribution in [1.82, 2.24) is 4.98 Å². The van der Waals surface area contributed by atoms with Crippen LogP contribution in [0.3, 0.4) is 0 Å². The number of rotatable bonds is 3. The first-order valence-corrected chi connectivity index (χ1v) is 6.68. The van der Waals surface area contributed by atoms with E-state index in [4.69, 9.17) is 5.73 Å². The fourth-order valence-corrected chi connectivity index (χ4v) is 2.80. The van der Waals surface area contributed by atoms with Crippen molar-refractivity contribution < 1.29 is 5.11 Å². The first kappa shape index (κ1) is 13.3. The van der Waals surface area contributed by atoms with Gasteiger partial charge in [0.15, 0.2) is 0 Å². The van der Waals surface area contributed by atoms with E-state index in [1.54, 1.807) is 0 Å². The molecule has 3 N–H and O–H groups in total. The number of nitrogens with zero attached hydrogens (tertiary/aromatic N) is 2. The van der Waals surface area contributed by atoms with E-state index in [-0.39, 0.29) is 6.61 Å². The van der Waals surface area contributed by atoms with Gasteiger partial charge in [-0.25, -0.2) is 0 Å². The van der Waals surface area contributed by atoms with E-state index in [1.165, 1.54) is 5.69 Å². The van der Waals surface area contributed by atoms with Gasteiger partial charge in [-0.05, 0) is 38.7 Å². The number of anilines is 1. The van der Waals surface area contributed by atoms with Crippen LogP contribution in [-0.2, 0) is 6.54 Å². The summed E-state index contributed by atoms with van der Waals surface area (Å²) in [5.74, 6) is 0.387. The monoisotopic (exact) mass is 249 g/mol. The number of hydrogen-bond donors (Lipinski definition) is 2. The molecule has 1 saturated heterocycles. The molecule has 0 amide bonds. The maximum atomic E-state index is 9.33. The van der Waals surface area contributed by atoms with E-state index in [9.17, 15) is 5.11 Å². The number of aliphatic hydroxyl groups excluding tert-OH is 1. The lowest BCUT2D eigenvalue weighted by molar-refractivity contribution is 0.208. The molecule has 2 rings (SSSR count). The van der Waals surface area contributed by atoms with E-state index in [2.05, 4.69) is 16.0 Å². The summed E-state index contributed by atoms with van der Waals surface area (Å²) >= 11 is 0. The second-order valence-corrected chi connectivity index (χ2v) is 5.19. The summed E-state index contributed by atoms with van der Waals surface area (Å²) in [6.45, 7) is 6.81. The predicted octanol–water partition coefficient (Wildman–Crippen LogP) is 1.37. The maximum Gasteiger partial charge on any atom is 0.0476 e. The number of piperidine rings is 1. The standard InChI is InChI=1S/C14H23N3O/c1-10-6-14(13(7-15)11(2)16-10)17-5-3-4-12(8-17)9-18/h6,12,18H,3-5,7-9,15H2,1-2H3. The molecule has 18 heavy (non-hydrogen) atoms. The Bertz CT molecular complexity index is 420. The third-order valence-corrected chi connectivity index (χ3v) is 3.76. The summed E-state index contributed by atoms with van der Waals surface area (Å²) in [7, 11) is 0. The van der Waals surface area contributed by atoms with Crippen LogP contribution in [0.25, 0.3) is 0 Å². The molecule has 0 saturated carbocycles. The van der Waals surface area contributed by atoms with Crippen LogP contribution in [0.4, 0.5) is 5.69 Å². The molecule has 4 heteroatoms. The number of aromatic nitrogens is 1. The molecule has 0 bridgehead atoms. The average Bonchev–Trinajstić information content (AvgIpc) is 2.38. The van der Waals surface area contributed by atoms with Crippen LogP contribution in [0.15, 0.2) is 6.07 Å². The zero-order valence-electron chi connectivity index (χ0n) is 11.3. The molecule has 0 aromatic carbocycles. The van der Waals surface area contributed by atoms with Crippen molar-refractivity contribution in [3.05, 3.63) is 23.0 Å². The summed E-state index contributed by atoms with van der Waals surface area (Å²) in [6, 6.07) is 2.12. The fraction of sp³-hybridized carbons (Fsp3) is 0.643. The number of aryl methyl sites for hydroxylation is 2. The van der Waals surface area contributed by atoms with Gasteiger partial charge in [0.1, 0.15) is 0 Å². The van der Waals surface area contributed by atoms with Gasteiger partial charge in [-0.1, -0.05) is 0 Å². The molecule has 1 unspecified atom stereocenters. The number of nitrogens with two attached hydrogens (primary N) is 1. The Morgan fingerprint density at radius 3 is 2.94 bits per heavy atom. The zero-order valence-corrected chi connectivity index (χ0v) is 11.3. The SMILES string of the molecule is Cc1cc(N2CCCC(CO)C2)c(CN)c(C)n1. The molecule has 1 aliphatic rings. The van der Waals surface area contributed by atoms with Gasteiger partial charge in [-0.15, -0.1) is 0 Å². The minimum absolute atomic E-state index is 0.275. The molecule has 0 aliphatic carbocycles. The van der Waals surface area contributed by atoms with Gasteiger partial charge in [0.05, 0.1) is 0 Å². The van der Waals surface area contributed by atoms with Crippen molar-refractivity contribution >= 4 is 5.69 Å². The average molecular weight is 249 g/mol. The van der Waals surface area contributed by atoms with Gasteiger partial charge in [0.25, 0.3) is 0 Å². The summed E-state index contributed by atoms with van der Waals surface area (Å²) in [4.78, 5) is 6.84. The van der Waals surface area contributed by atoms with Crippen molar-refractivity contribution in [1.29, 1.82) is 0 Å². The summed E-state index contributed by atoms with van der Waals surface area (Å²) in [5, 5.41) is 9.33. The van der Waals surface area contributed by atoms with Crippen molar-refractivity contribution in [3.8, 4) is 0 Å². The Kier molecular flexibility index (Phi) is 4.19. The van der Waals surface area contributed by atoms with Gasteiger partial charge in [0.2, 0.25) is 0 Å². The van der Waals surface area contributed by atoms with Crippen LogP contribution in [0, 0.1) is 19.8 Å². The number of pyridine rings is 1. The van der Waals surface area contributed by atoms with Crippen molar-refractivity contribution in [2.45, 2.75) is 33.2 Å². The summed E-state index contributed by atoms with van der Waals surface area (Å²) in [5.41, 5.74) is 10.3. The quantitative estimate of drug-likeness (QED) is 0.849. The summed E-state index contributed by atoms with van der Waals surface area (Å²) in [6.07, 6.45) is 2.25. The van der Waals surface area contributed by atoms with Crippen LogP contribution in [0.1, 0.15) is 29.8 Å². The van der Waals surface area contributed by atoms with Gasteiger partial charge < -0.3 is 15.7 Å². The maximum absolute atomic E-state index is 9.33. The lowest BCUT2D eigenvalue weighted by Gasteiger charge is -2.35. The lowest BCUT2D eigenvalue weighted by Crippen LogP contribution is -2.37. The fourth-order valence-electron chi connectivity index (χ4n) is 2.80. The largest absolute Gasteiger partial charge is 0.396 e. The van der Waals surface area contributed by atoms with Crippen LogP contribution in [0.2, 0.25) is 0 Å². The molecule has 4 nitrogen and oxygen atoms in total. The third kappa shape index (κ3) is 2.65. The van der Waals surface area contributed by atoms with Crippen molar-refractivity contribution in [2.75, 3.05) is 24.6 Å². The second-order valence-electron chi connectivity index (χ2n) is 5.19. The second kappa shape index (κ2) is 5.67. The predicted molar refractivity (Wildman–Crippen MR) is 73.6 cm³/mol. The van der Waals surface area contributed by atoms with Gasteiger partial charge in [-0.3, -0.25) is 4.98 Å². The van der Waals surface area contributed by atoms with Gasteiger partial charge in [-0.2, -0.15) is 0 Å². The molecule has 2 heterocycles. The Morgan fingerprint density at radius 1 is 1.50 bits per heavy atom. The molecular formula is C14H23N3O. The highest BCUT2D eigenvalue weighted by atomic mass is 16.3. The molecular weight excluding hydrogens is 226 g/mol.